The molecule has 16 heavy (non-hydrogen) atoms. The Labute approximate surface area is 97.9 Å². The van der Waals surface area contributed by atoms with Crippen LogP contribution in [-0.4, -0.2) is 54.9 Å². The first-order valence-corrected chi connectivity index (χ1v) is 7.76. The first kappa shape index (κ1) is 10.4. The smallest absolute Gasteiger partial charge is 0.211 e. The van der Waals surface area contributed by atoms with Crippen molar-refractivity contribution in [2.45, 2.75) is 6.04 Å². The summed E-state index contributed by atoms with van der Waals surface area (Å²) in [4.78, 5) is 2.15. The second-order valence-electron chi connectivity index (χ2n) is 4.28. The molecule has 0 unspecified atom stereocenters. The van der Waals surface area contributed by atoms with Crippen LogP contribution in [0.2, 0.25) is 0 Å². The first-order valence-electron chi connectivity index (χ1n) is 5.03. The van der Waals surface area contributed by atoms with Gasteiger partial charge in [0.25, 0.3) is 0 Å². The van der Waals surface area contributed by atoms with E-state index in [0.717, 1.165) is 11.7 Å². The van der Waals surface area contributed by atoms with E-state index < -0.39 is 10.0 Å². The molecule has 6 nitrogen and oxygen atoms in total. The number of hydrogen-bond acceptors (Lipinski definition) is 6. The van der Waals surface area contributed by atoms with Crippen molar-refractivity contribution in [2.75, 3.05) is 30.8 Å². The van der Waals surface area contributed by atoms with E-state index in [9.17, 15) is 8.42 Å². The Bertz CT molecular complexity index is 486. The number of hydrogen-bond donors (Lipinski definition) is 0. The summed E-state index contributed by atoms with van der Waals surface area (Å²) in [5, 5.41) is 8.71. The molecule has 8 heteroatoms. The minimum atomic E-state index is -3.05. The van der Waals surface area contributed by atoms with E-state index in [1.165, 1.54) is 17.6 Å². The molecule has 3 heterocycles. The Morgan fingerprint density at radius 2 is 2.25 bits per heavy atom. The van der Waals surface area contributed by atoms with Gasteiger partial charge in [0.15, 0.2) is 0 Å². The number of nitrogens with zero attached hydrogens (tertiary/aromatic N) is 4. The first-order chi connectivity index (χ1) is 7.55. The van der Waals surface area contributed by atoms with Gasteiger partial charge in [-0.05, 0) is 0 Å². The van der Waals surface area contributed by atoms with Crippen LogP contribution in [0.4, 0.5) is 5.13 Å². The maximum Gasteiger partial charge on any atom is 0.211 e. The van der Waals surface area contributed by atoms with E-state index in [1.54, 1.807) is 9.82 Å². The molecular formula is C8H12N4O2S2. The average molecular weight is 260 g/mol. The van der Waals surface area contributed by atoms with Crippen molar-refractivity contribution in [1.82, 2.24) is 14.5 Å². The molecule has 88 valence electrons. The quantitative estimate of drug-likeness (QED) is 0.725. The summed E-state index contributed by atoms with van der Waals surface area (Å²) in [5.74, 6) is 0.457. The predicted octanol–water partition coefficient (Wildman–Crippen LogP) is -0.382. The summed E-state index contributed by atoms with van der Waals surface area (Å²) < 4.78 is 24.4. The molecule has 2 aliphatic rings. The summed E-state index contributed by atoms with van der Waals surface area (Å²) in [5.41, 5.74) is 1.70. The molecule has 1 aromatic rings. The molecule has 0 radical (unpaired) electrons. The molecule has 0 saturated carbocycles. The molecule has 3 rings (SSSR count). The van der Waals surface area contributed by atoms with E-state index in [-0.39, 0.29) is 0 Å². The molecule has 2 atom stereocenters. The highest BCUT2D eigenvalue weighted by molar-refractivity contribution is 7.88. The fourth-order valence-corrected chi connectivity index (χ4v) is 3.90. The van der Waals surface area contributed by atoms with Gasteiger partial charge in [-0.25, -0.2) is 8.42 Å². The molecule has 2 aliphatic heterocycles. The Morgan fingerprint density at radius 3 is 2.88 bits per heavy atom. The summed E-state index contributed by atoms with van der Waals surface area (Å²) in [7, 11) is -3.05. The molecule has 0 amide bonds. The third kappa shape index (κ3) is 1.52. The zero-order valence-electron chi connectivity index (χ0n) is 8.78. The summed E-state index contributed by atoms with van der Waals surface area (Å²) in [6.07, 6.45) is 1.27. The Hall–Kier alpha value is -0.730. The Kier molecular flexibility index (Phi) is 2.20. The van der Waals surface area contributed by atoms with Crippen LogP contribution in [0.5, 0.6) is 0 Å². The standard InChI is InChI=1S/C8H12N4O2S2/c1-16(13,14)11-2-6-3-12(7(6)4-11)8-10-9-5-15-8/h5-7H,2-4H2,1H3/t6-,7-/m0/s1. The van der Waals surface area contributed by atoms with Crippen LogP contribution in [-0.2, 0) is 10.0 Å². The van der Waals surface area contributed by atoms with Gasteiger partial charge in [-0.3, -0.25) is 0 Å². The highest BCUT2D eigenvalue weighted by Crippen LogP contribution is 2.37. The van der Waals surface area contributed by atoms with Gasteiger partial charge in [0.1, 0.15) is 5.51 Å². The van der Waals surface area contributed by atoms with Crippen LogP contribution in [0.25, 0.3) is 0 Å². The molecular weight excluding hydrogens is 248 g/mol. The average Bonchev–Trinajstić information content (AvgIpc) is 2.75. The van der Waals surface area contributed by atoms with Gasteiger partial charge in [-0.2, -0.15) is 4.31 Å². The van der Waals surface area contributed by atoms with Gasteiger partial charge < -0.3 is 4.90 Å². The van der Waals surface area contributed by atoms with E-state index in [2.05, 4.69) is 15.1 Å². The van der Waals surface area contributed by atoms with Gasteiger partial charge in [0, 0.05) is 25.6 Å². The monoisotopic (exact) mass is 260 g/mol. The number of rotatable bonds is 2. The molecule has 0 spiro atoms. The van der Waals surface area contributed by atoms with Crippen LogP contribution in [0.3, 0.4) is 0 Å². The zero-order valence-corrected chi connectivity index (χ0v) is 10.4. The van der Waals surface area contributed by atoms with Gasteiger partial charge in [0.2, 0.25) is 15.2 Å². The van der Waals surface area contributed by atoms with Crippen molar-refractivity contribution in [3.63, 3.8) is 0 Å². The Balaban J connectivity index is 1.76. The number of sulfonamides is 1. The van der Waals surface area contributed by atoms with Crippen molar-refractivity contribution in [3.8, 4) is 0 Å². The number of fused-ring (bicyclic) bond motifs is 1. The van der Waals surface area contributed by atoms with Gasteiger partial charge in [-0.1, -0.05) is 11.3 Å². The maximum absolute atomic E-state index is 11.4. The lowest BCUT2D eigenvalue weighted by Crippen LogP contribution is -2.55. The molecule has 2 fully saturated rings. The molecule has 0 bridgehead atoms. The van der Waals surface area contributed by atoms with Crippen molar-refractivity contribution < 1.29 is 8.42 Å². The third-order valence-corrected chi connectivity index (χ3v) is 5.23. The van der Waals surface area contributed by atoms with Crippen LogP contribution >= 0.6 is 11.3 Å². The largest absolute Gasteiger partial charge is 0.342 e. The topological polar surface area (TPSA) is 66.4 Å². The minimum absolute atomic E-state index is 0.294. The zero-order chi connectivity index (χ0) is 11.3. The van der Waals surface area contributed by atoms with Crippen LogP contribution in [0.1, 0.15) is 0 Å². The van der Waals surface area contributed by atoms with E-state index in [4.69, 9.17) is 0 Å². The predicted molar refractivity (Wildman–Crippen MR) is 60.9 cm³/mol. The summed E-state index contributed by atoms with van der Waals surface area (Å²) >= 11 is 1.50. The summed E-state index contributed by atoms with van der Waals surface area (Å²) in [6.45, 7) is 2.13. The lowest BCUT2D eigenvalue weighted by molar-refractivity contribution is 0.363. The second kappa shape index (κ2) is 3.38. The van der Waals surface area contributed by atoms with Crippen molar-refractivity contribution in [1.29, 1.82) is 0 Å². The van der Waals surface area contributed by atoms with Crippen molar-refractivity contribution >= 4 is 26.5 Å². The van der Waals surface area contributed by atoms with Crippen LogP contribution < -0.4 is 4.90 Å². The lowest BCUT2D eigenvalue weighted by Gasteiger charge is -2.43. The molecule has 2 saturated heterocycles. The Morgan fingerprint density at radius 1 is 1.44 bits per heavy atom. The number of anilines is 1. The normalized spacial score (nSPS) is 30.2. The fourth-order valence-electron chi connectivity index (χ4n) is 2.38. The van der Waals surface area contributed by atoms with E-state index >= 15 is 0 Å². The van der Waals surface area contributed by atoms with Crippen LogP contribution in [0, 0.1) is 5.92 Å². The molecule has 0 N–H and O–H groups in total. The van der Waals surface area contributed by atoms with Crippen LogP contribution in [0.15, 0.2) is 5.51 Å². The van der Waals surface area contributed by atoms with Crippen molar-refractivity contribution in [3.05, 3.63) is 5.51 Å². The highest BCUT2D eigenvalue weighted by Gasteiger charge is 2.48. The maximum atomic E-state index is 11.4. The number of aromatic nitrogens is 2. The van der Waals surface area contributed by atoms with Gasteiger partial charge >= 0.3 is 0 Å². The minimum Gasteiger partial charge on any atom is -0.342 e. The fraction of sp³-hybridized carbons (Fsp3) is 0.750. The third-order valence-electron chi connectivity index (χ3n) is 3.27. The highest BCUT2D eigenvalue weighted by atomic mass is 32.2. The molecule has 0 aromatic carbocycles. The molecule has 0 aliphatic carbocycles. The van der Waals surface area contributed by atoms with E-state index in [1.807, 2.05) is 0 Å². The van der Waals surface area contributed by atoms with E-state index in [0.29, 0.717) is 25.0 Å². The van der Waals surface area contributed by atoms with Crippen molar-refractivity contribution in [2.24, 2.45) is 5.92 Å². The molecule has 1 aromatic heterocycles. The summed E-state index contributed by atoms with van der Waals surface area (Å²) in [6, 6.07) is 0.294. The second-order valence-corrected chi connectivity index (χ2v) is 7.08. The lowest BCUT2D eigenvalue weighted by atomic mass is 9.93. The SMILES string of the molecule is CS(=O)(=O)N1C[C@H]2CN(c3nncs3)[C@H]2C1. The van der Waals surface area contributed by atoms with Gasteiger partial charge in [-0.15, -0.1) is 10.2 Å². The van der Waals surface area contributed by atoms with Gasteiger partial charge in [0.05, 0.1) is 12.3 Å².